The first kappa shape index (κ1) is 12.6. The Balaban J connectivity index is 2.13. The molecule has 0 aromatic heterocycles. The molecular weight excluding hydrogens is 234 g/mol. The molecule has 0 saturated carbocycles. The molecule has 0 aliphatic carbocycles. The van der Waals surface area contributed by atoms with Gasteiger partial charge in [-0.25, -0.2) is 0 Å². The molecule has 0 radical (unpaired) electrons. The summed E-state index contributed by atoms with van der Waals surface area (Å²) in [6.45, 7) is 0.473. The van der Waals surface area contributed by atoms with Crippen molar-refractivity contribution in [3.8, 4) is 11.5 Å². The van der Waals surface area contributed by atoms with Gasteiger partial charge < -0.3 is 15.2 Å². The first-order valence-electron chi connectivity index (χ1n) is 5.95. The van der Waals surface area contributed by atoms with Crippen LogP contribution in [0.3, 0.4) is 0 Å². The second kappa shape index (κ2) is 6.17. The van der Waals surface area contributed by atoms with Crippen LogP contribution in [0.4, 0.5) is 0 Å². The maximum absolute atomic E-state index is 6.03. The molecule has 0 atom stereocenters. The second-order valence-corrected chi connectivity index (χ2v) is 5.31. The van der Waals surface area contributed by atoms with E-state index in [4.69, 9.17) is 15.2 Å². The lowest BCUT2D eigenvalue weighted by molar-refractivity contribution is 0.184. The number of rotatable bonds is 4. The Labute approximate surface area is 107 Å². The zero-order chi connectivity index (χ0) is 12.1. The highest BCUT2D eigenvalue weighted by atomic mass is 32.2. The summed E-state index contributed by atoms with van der Waals surface area (Å²) < 4.78 is 11.4. The SMILES string of the molecule is COc1c(CN)cccc1OC1CCSCC1. The van der Waals surface area contributed by atoms with Crippen molar-refractivity contribution in [2.24, 2.45) is 5.73 Å². The molecule has 0 bridgehead atoms. The van der Waals surface area contributed by atoms with Crippen molar-refractivity contribution >= 4 is 11.8 Å². The largest absolute Gasteiger partial charge is 0.493 e. The summed E-state index contributed by atoms with van der Waals surface area (Å²) >= 11 is 2.00. The Morgan fingerprint density at radius 1 is 1.35 bits per heavy atom. The van der Waals surface area contributed by atoms with E-state index >= 15 is 0 Å². The normalized spacial score (nSPS) is 16.8. The van der Waals surface area contributed by atoms with Crippen molar-refractivity contribution in [1.29, 1.82) is 0 Å². The molecule has 2 rings (SSSR count). The lowest BCUT2D eigenvalue weighted by Crippen LogP contribution is -2.22. The van der Waals surface area contributed by atoms with Crippen LogP contribution in [0.5, 0.6) is 11.5 Å². The van der Waals surface area contributed by atoms with Gasteiger partial charge in [0.05, 0.1) is 7.11 Å². The number of hydrogen-bond acceptors (Lipinski definition) is 4. The Bertz CT molecular complexity index is 364. The second-order valence-electron chi connectivity index (χ2n) is 4.08. The number of methoxy groups -OCH3 is 1. The van der Waals surface area contributed by atoms with E-state index in [2.05, 4.69) is 0 Å². The predicted octanol–water partition coefficient (Wildman–Crippen LogP) is 2.43. The molecule has 0 spiro atoms. The average Bonchev–Trinajstić information content (AvgIpc) is 2.39. The number of benzene rings is 1. The van der Waals surface area contributed by atoms with E-state index in [9.17, 15) is 0 Å². The molecule has 1 aliphatic heterocycles. The molecule has 3 nitrogen and oxygen atoms in total. The number of ether oxygens (including phenoxy) is 2. The van der Waals surface area contributed by atoms with Crippen LogP contribution in [0.2, 0.25) is 0 Å². The maximum Gasteiger partial charge on any atom is 0.165 e. The molecule has 1 aliphatic rings. The monoisotopic (exact) mass is 253 g/mol. The van der Waals surface area contributed by atoms with Crippen molar-refractivity contribution in [3.05, 3.63) is 23.8 Å². The lowest BCUT2D eigenvalue weighted by atomic mass is 10.1. The summed E-state index contributed by atoms with van der Waals surface area (Å²) in [6.07, 6.45) is 2.54. The molecule has 17 heavy (non-hydrogen) atoms. The van der Waals surface area contributed by atoms with Gasteiger partial charge >= 0.3 is 0 Å². The molecule has 0 amide bonds. The van der Waals surface area contributed by atoms with E-state index in [1.54, 1.807) is 7.11 Å². The number of nitrogens with two attached hydrogens (primary N) is 1. The minimum Gasteiger partial charge on any atom is -0.493 e. The summed E-state index contributed by atoms with van der Waals surface area (Å²) in [4.78, 5) is 0. The molecule has 94 valence electrons. The van der Waals surface area contributed by atoms with Gasteiger partial charge in [-0.3, -0.25) is 0 Å². The Morgan fingerprint density at radius 2 is 2.12 bits per heavy atom. The summed E-state index contributed by atoms with van der Waals surface area (Å²) in [7, 11) is 1.66. The fraction of sp³-hybridized carbons (Fsp3) is 0.538. The van der Waals surface area contributed by atoms with Crippen LogP contribution < -0.4 is 15.2 Å². The van der Waals surface area contributed by atoms with Crippen LogP contribution in [0.15, 0.2) is 18.2 Å². The van der Waals surface area contributed by atoms with Gasteiger partial charge in [-0.05, 0) is 30.4 Å². The highest BCUT2D eigenvalue weighted by Gasteiger charge is 2.18. The molecule has 1 aromatic rings. The number of para-hydroxylation sites is 1. The first-order valence-corrected chi connectivity index (χ1v) is 7.11. The molecule has 1 heterocycles. The average molecular weight is 253 g/mol. The third-order valence-corrected chi connectivity index (χ3v) is 4.00. The van der Waals surface area contributed by atoms with E-state index in [0.29, 0.717) is 12.6 Å². The third kappa shape index (κ3) is 3.07. The Morgan fingerprint density at radius 3 is 2.76 bits per heavy atom. The van der Waals surface area contributed by atoms with Crippen molar-refractivity contribution in [3.63, 3.8) is 0 Å². The van der Waals surface area contributed by atoms with Crippen LogP contribution in [-0.2, 0) is 6.54 Å². The van der Waals surface area contributed by atoms with Crippen LogP contribution in [-0.4, -0.2) is 24.7 Å². The van der Waals surface area contributed by atoms with Crippen molar-refractivity contribution < 1.29 is 9.47 Å². The first-order chi connectivity index (χ1) is 8.35. The van der Waals surface area contributed by atoms with Crippen molar-refractivity contribution in [2.75, 3.05) is 18.6 Å². The molecule has 0 unspecified atom stereocenters. The topological polar surface area (TPSA) is 44.5 Å². The van der Waals surface area contributed by atoms with Crippen molar-refractivity contribution in [1.82, 2.24) is 0 Å². The van der Waals surface area contributed by atoms with Crippen LogP contribution in [0.25, 0.3) is 0 Å². The van der Waals surface area contributed by atoms with Gasteiger partial charge in [0.2, 0.25) is 0 Å². The van der Waals surface area contributed by atoms with Gasteiger partial charge in [-0.2, -0.15) is 11.8 Å². The summed E-state index contributed by atoms with van der Waals surface area (Å²) in [5.74, 6) is 3.98. The highest BCUT2D eigenvalue weighted by molar-refractivity contribution is 7.99. The molecule has 4 heteroatoms. The van der Waals surface area contributed by atoms with E-state index in [-0.39, 0.29) is 0 Å². The Kier molecular flexibility index (Phi) is 4.57. The zero-order valence-corrected chi connectivity index (χ0v) is 11.0. The minimum atomic E-state index is 0.318. The van der Waals surface area contributed by atoms with E-state index < -0.39 is 0 Å². The Hall–Kier alpha value is -0.870. The molecule has 1 aromatic carbocycles. The third-order valence-electron chi connectivity index (χ3n) is 2.95. The quantitative estimate of drug-likeness (QED) is 0.895. The summed E-state index contributed by atoms with van der Waals surface area (Å²) in [6, 6.07) is 5.90. The smallest absolute Gasteiger partial charge is 0.165 e. The van der Waals surface area contributed by atoms with Crippen LogP contribution in [0, 0.1) is 0 Å². The van der Waals surface area contributed by atoms with Gasteiger partial charge in [-0.1, -0.05) is 12.1 Å². The number of thioether (sulfide) groups is 1. The maximum atomic E-state index is 6.03. The fourth-order valence-corrected chi connectivity index (χ4v) is 3.08. The fourth-order valence-electron chi connectivity index (χ4n) is 2.02. The van der Waals surface area contributed by atoms with Gasteiger partial charge in [0.15, 0.2) is 11.5 Å². The standard InChI is InChI=1S/C13H19NO2S/c1-15-13-10(9-14)3-2-4-12(13)16-11-5-7-17-8-6-11/h2-4,11H,5-9,14H2,1H3. The number of hydrogen-bond donors (Lipinski definition) is 1. The highest BCUT2D eigenvalue weighted by Crippen LogP contribution is 2.33. The van der Waals surface area contributed by atoms with E-state index in [1.165, 1.54) is 11.5 Å². The minimum absolute atomic E-state index is 0.318. The molecule has 1 fully saturated rings. The van der Waals surface area contributed by atoms with Gasteiger partial charge in [0.25, 0.3) is 0 Å². The zero-order valence-electron chi connectivity index (χ0n) is 10.1. The summed E-state index contributed by atoms with van der Waals surface area (Å²) in [5.41, 5.74) is 6.68. The lowest BCUT2D eigenvalue weighted by Gasteiger charge is -2.24. The van der Waals surface area contributed by atoms with Crippen LogP contribution in [0.1, 0.15) is 18.4 Å². The molecule has 1 saturated heterocycles. The summed E-state index contributed by atoms with van der Waals surface area (Å²) in [5, 5.41) is 0. The molecule has 2 N–H and O–H groups in total. The van der Waals surface area contributed by atoms with Crippen molar-refractivity contribution in [2.45, 2.75) is 25.5 Å². The van der Waals surface area contributed by atoms with Gasteiger partial charge in [0.1, 0.15) is 6.10 Å². The molecular formula is C13H19NO2S. The van der Waals surface area contributed by atoms with Gasteiger partial charge in [0, 0.05) is 12.1 Å². The van der Waals surface area contributed by atoms with Gasteiger partial charge in [-0.15, -0.1) is 0 Å². The van der Waals surface area contributed by atoms with E-state index in [1.807, 2.05) is 30.0 Å². The van der Waals surface area contributed by atoms with E-state index in [0.717, 1.165) is 29.9 Å². The predicted molar refractivity (Wildman–Crippen MR) is 71.9 cm³/mol. The van der Waals surface area contributed by atoms with Crippen LogP contribution >= 0.6 is 11.8 Å².